The maximum Gasteiger partial charge on any atom is 0.413 e. The van der Waals surface area contributed by atoms with Crippen LogP contribution < -0.4 is 10.6 Å². The second-order valence-corrected chi connectivity index (χ2v) is 10.3. The number of nitrogens with zero attached hydrogens (tertiary/aromatic N) is 2. The minimum absolute atomic E-state index is 0.374. The molecule has 2 amide bonds. The highest BCUT2D eigenvalue weighted by Crippen LogP contribution is 2.29. The first-order valence-electron chi connectivity index (χ1n) is 12.0. The number of fused-ring (bicyclic) bond motifs is 2. The SMILES string of the molecule is CCCSc1ccc2[nH]c(NC(=O)OC)nc2c1.COC(=O)Nc1nc2cc(Sc3ccccc3)ccc2[nH]1. The van der Waals surface area contributed by atoms with Crippen molar-refractivity contribution >= 4 is 69.7 Å². The molecule has 0 radical (unpaired) electrons. The third kappa shape index (κ3) is 7.91. The van der Waals surface area contributed by atoms with Crippen molar-refractivity contribution in [3.63, 3.8) is 0 Å². The molecule has 0 aliphatic carbocycles. The third-order valence-corrected chi connectivity index (χ3v) is 7.37. The third-order valence-electron chi connectivity index (χ3n) is 5.17. The van der Waals surface area contributed by atoms with E-state index in [1.54, 1.807) is 23.5 Å². The van der Waals surface area contributed by atoms with Gasteiger partial charge in [0.2, 0.25) is 11.9 Å². The Bertz CT molecular complexity index is 1550. The Morgan fingerprint density at radius 1 is 0.769 bits per heavy atom. The quantitative estimate of drug-likeness (QED) is 0.153. The maximum absolute atomic E-state index is 11.2. The lowest BCUT2D eigenvalue weighted by Crippen LogP contribution is -2.11. The molecule has 10 nitrogen and oxygen atoms in total. The molecule has 0 atom stereocenters. The predicted octanol–water partition coefficient (Wildman–Crippen LogP) is 7.14. The highest BCUT2D eigenvalue weighted by Gasteiger charge is 2.08. The monoisotopic (exact) mass is 564 g/mol. The number of ether oxygens (including phenoxy) is 2. The van der Waals surface area contributed by atoms with Crippen molar-refractivity contribution < 1.29 is 19.1 Å². The van der Waals surface area contributed by atoms with Gasteiger partial charge in [-0.25, -0.2) is 19.6 Å². The highest BCUT2D eigenvalue weighted by atomic mass is 32.2. The molecule has 0 bridgehead atoms. The van der Waals surface area contributed by atoms with Crippen LogP contribution in [0, 0.1) is 0 Å². The van der Waals surface area contributed by atoms with Crippen molar-refractivity contribution in [1.82, 2.24) is 19.9 Å². The number of carbonyl (C=O) groups is 2. The van der Waals surface area contributed by atoms with Crippen LogP contribution in [0.25, 0.3) is 22.1 Å². The Hall–Kier alpha value is -4.16. The van der Waals surface area contributed by atoms with Gasteiger partial charge in [-0.2, -0.15) is 0 Å². The van der Waals surface area contributed by atoms with Gasteiger partial charge in [0.15, 0.2) is 0 Å². The van der Waals surface area contributed by atoms with Gasteiger partial charge >= 0.3 is 12.2 Å². The number of aromatic amines is 2. The van der Waals surface area contributed by atoms with Crippen LogP contribution in [-0.4, -0.2) is 52.1 Å². The molecular formula is C27H28N6O4S2. The van der Waals surface area contributed by atoms with Crippen LogP contribution >= 0.6 is 23.5 Å². The zero-order chi connectivity index (χ0) is 27.6. The van der Waals surface area contributed by atoms with Gasteiger partial charge in [-0.15, -0.1) is 11.8 Å². The molecule has 2 heterocycles. The molecule has 39 heavy (non-hydrogen) atoms. The summed E-state index contributed by atoms with van der Waals surface area (Å²) in [7, 11) is 2.63. The molecule has 2 aromatic heterocycles. The van der Waals surface area contributed by atoms with Gasteiger partial charge in [0, 0.05) is 14.7 Å². The van der Waals surface area contributed by atoms with E-state index in [1.165, 1.54) is 24.0 Å². The molecule has 0 fully saturated rings. The number of imidazole rings is 2. The fraction of sp³-hybridized carbons (Fsp3) is 0.185. The number of amides is 2. The molecule has 0 aliphatic rings. The van der Waals surface area contributed by atoms with Crippen LogP contribution in [0.3, 0.4) is 0 Å². The van der Waals surface area contributed by atoms with E-state index in [2.05, 4.69) is 59.1 Å². The summed E-state index contributed by atoms with van der Waals surface area (Å²) in [6.45, 7) is 2.15. The molecule has 0 saturated heterocycles. The van der Waals surface area contributed by atoms with Crippen molar-refractivity contribution in [3.05, 3.63) is 66.7 Å². The Balaban J connectivity index is 0.000000183. The Labute approximate surface area is 233 Å². The van der Waals surface area contributed by atoms with E-state index in [0.717, 1.165) is 39.1 Å². The van der Waals surface area contributed by atoms with E-state index in [1.807, 2.05) is 54.6 Å². The highest BCUT2D eigenvalue weighted by molar-refractivity contribution is 7.99. The van der Waals surface area contributed by atoms with E-state index < -0.39 is 12.2 Å². The number of nitrogens with one attached hydrogen (secondary N) is 4. The van der Waals surface area contributed by atoms with Gasteiger partial charge < -0.3 is 19.4 Å². The topological polar surface area (TPSA) is 134 Å². The number of anilines is 2. The van der Waals surface area contributed by atoms with E-state index in [-0.39, 0.29) is 0 Å². The van der Waals surface area contributed by atoms with Crippen molar-refractivity contribution in [3.8, 4) is 0 Å². The molecule has 3 aromatic carbocycles. The van der Waals surface area contributed by atoms with Crippen LogP contribution in [0.1, 0.15) is 13.3 Å². The maximum atomic E-state index is 11.2. The first-order chi connectivity index (χ1) is 19.0. The molecule has 12 heteroatoms. The van der Waals surface area contributed by atoms with Gasteiger partial charge in [0.05, 0.1) is 36.3 Å². The normalized spacial score (nSPS) is 10.5. The summed E-state index contributed by atoms with van der Waals surface area (Å²) in [5, 5.41) is 5.02. The average Bonchev–Trinajstić information content (AvgIpc) is 3.54. The van der Waals surface area contributed by atoms with Gasteiger partial charge in [-0.1, -0.05) is 36.9 Å². The molecular weight excluding hydrogens is 536 g/mol. The standard InChI is InChI=1S/C15H13N3O2S.C12H15N3O2S/c1-20-15(19)18-14-16-12-8-7-11(9-13(12)17-14)21-10-5-3-2-4-6-10;1-3-6-18-8-4-5-9-10(7-8)14-11(13-9)15-12(16)17-2/h2-9H,1H3,(H2,16,17,18,19);4-5,7H,3,6H2,1-2H3,(H2,13,14,15,16). The van der Waals surface area contributed by atoms with Crippen LogP contribution in [0.2, 0.25) is 0 Å². The molecule has 0 aliphatic heterocycles. The van der Waals surface area contributed by atoms with Crippen LogP contribution in [0.5, 0.6) is 0 Å². The minimum atomic E-state index is -0.548. The Kier molecular flexibility index (Phi) is 9.70. The summed E-state index contributed by atoms with van der Waals surface area (Å²) in [4.78, 5) is 40.3. The predicted molar refractivity (Wildman–Crippen MR) is 156 cm³/mol. The van der Waals surface area contributed by atoms with Gasteiger partial charge in [-0.05, 0) is 60.7 Å². The van der Waals surface area contributed by atoms with Crippen LogP contribution in [-0.2, 0) is 9.47 Å². The second-order valence-electron chi connectivity index (χ2n) is 8.03. The molecule has 5 rings (SSSR count). The molecule has 0 saturated carbocycles. The number of hydrogen-bond acceptors (Lipinski definition) is 8. The number of thioether (sulfide) groups is 1. The molecule has 0 spiro atoms. The first-order valence-corrected chi connectivity index (χ1v) is 13.8. The number of aromatic nitrogens is 4. The number of rotatable bonds is 7. The van der Waals surface area contributed by atoms with Gasteiger partial charge in [0.25, 0.3) is 0 Å². The summed E-state index contributed by atoms with van der Waals surface area (Å²) >= 11 is 3.46. The van der Waals surface area contributed by atoms with E-state index in [0.29, 0.717) is 11.9 Å². The van der Waals surface area contributed by atoms with Crippen molar-refractivity contribution in [2.45, 2.75) is 28.0 Å². The minimum Gasteiger partial charge on any atom is -0.453 e. The average molecular weight is 565 g/mol. The Morgan fingerprint density at radius 2 is 1.31 bits per heavy atom. The molecule has 5 aromatic rings. The second kappa shape index (κ2) is 13.6. The van der Waals surface area contributed by atoms with Gasteiger partial charge in [0.1, 0.15) is 0 Å². The zero-order valence-electron chi connectivity index (χ0n) is 21.6. The fourth-order valence-corrected chi connectivity index (χ4v) is 5.05. The number of H-pyrrole nitrogens is 2. The van der Waals surface area contributed by atoms with E-state index >= 15 is 0 Å². The summed E-state index contributed by atoms with van der Waals surface area (Å²) in [5.74, 6) is 1.86. The molecule has 4 N–H and O–H groups in total. The molecule has 0 unspecified atom stereocenters. The largest absolute Gasteiger partial charge is 0.453 e. The lowest BCUT2D eigenvalue weighted by atomic mass is 10.3. The number of hydrogen-bond donors (Lipinski definition) is 4. The smallest absolute Gasteiger partial charge is 0.413 e. The summed E-state index contributed by atoms with van der Waals surface area (Å²) in [6, 6.07) is 22.1. The fourth-order valence-electron chi connectivity index (χ4n) is 3.38. The van der Waals surface area contributed by atoms with Gasteiger partial charge in [-0.3, -0.25) is 10.6 Å². The van der Waals surface area contributed by atoms with E-state index in [4.69, 9.17) is 0 Å². The Morgan fingerprint density at radius 3 is 1.85 bits per heavy atom. The van der Waals surface area contributed by atoms with Crippen LogP contribution in [0.4, 0.5) is 21.5 Å². The summed E-state index contributed by atoms with van der Waals surface area (Å²) in [6.07, 6.45) is 0.0564. The van der Waals surface area contributed by atoms with Crippen molar-refractivity contribution in [1.29, 1.82) is 0 Å². The lowest BCUT2D eigenvalue weighted by Gasteiger charge is -2.00. The summed E-state index contributed by atoms with van der Waals surface area (Å²) in [5.41, 5.74) is 3.38. The number of methoxy groups -OCH3 is 2. The lowest BCUT2D eigenvalue weighted by molar-refractivity contribution is 0.186. The van der Waals surface area contributed by atoms with Crippen LogP contribution in [0.15, 0.2) is 81.4 Å². The molecule has 202 valence electrons. The number of carbonyl (C=O) groups excluding carboxylic acids is 2. The van der Waals surface area contributed by atoms with Crippen molar-refractivity contribution in [2.75, 3.05) is 30.6 Å². The number of benzene rings is 3. The first kappa shape index (κ1) is 27.9. The zero-order valence-corrected chi connectivity index (χ0v) is 23.2. The summed E-state index contributed by atoms with van der Waals surface area (Å²) < 4.78 is 9.05. The van der Waals surface area contributed by atoms with E-state index in [9.17, 15) is 9.59 Å². The van der Waals surface area contributed by atoms with Crippen molar-refractivity contribution in [2.24, 2.45) is 0 Å².